The number of hydrogen-bond donors (Lipinski definition) is 2. The number of benzene rings is 1. The van der Waals surface area contributed by atoms with Crippen LogP contribution in [0.25, 0.3) is 0 Å². The van der Waals surface area contributed by atoms with Gasteiger partial charge in [0.1, 0.15) is 5.82 Å². The average Bonchev–Trinajstić information content (AvgIpc) is 3.08. The second kappa shape index (κ2) is 5.60. The second-order valence-corrected chi connectivity index (χ2v) is 4.94. The molecule has 0 heterocycles. The van der Waals surface area contributed by atoms with Gasteiger partial charge in [-0.15, -0.1) is 0 Å². The van der Waals surface area contributed by atoms with Crippen LogP contribution in [-0.2, 0) is 0 Å². The molecule has 0 radical (unpaired) electrons. The molecule has 0 bridgehead atoms. The number of carbonyl (C=O) groups excluding carboxylic acids is 1. The highest BCUT2D eigenvalue weighted by atomic mass is 79.9. The van der Waals surface area contributed by atoms with Crippen molar-refractivity contribution in [3.8, 4) is 0 Å². The molecule has 5 heteroatoms. The molecule has 2 N–H and O–H groups in total. The van der Waals surface area contributed by atoms with Crippen LogP contribution in [0.5, 0.6) is 0 Å². The Labute approximate surface area is 108 Å². The maximum Gasteiger partial charge on any atom is 0.255 e. The monoisotopic (exact) mass is 300 g/mol. The topological polar surface area (TPSA) is 41.1 Å². The van der Waals surface area contributed by atoms with E-state index in [1.54, 1.807) is 12.1 Å². The van der Waals surface area contributed by atoms with Crippen molar-refractivity contribution in [2.45, 2.75) is 18.9 Å². The molecule has 0 unspecified atom stereocenters. The minimum absolute atomic E-state index is 0.0684. The Kier molecular flexibility index (Phi) is 4.12. The quantitative estimate of drug-likeness (QED) is 0.818. The van der Waals surface area contributed by atoms with Gasteiger partial charge in [-0.25, -0.2) is 4.39 Å². The van der Waals surface area contributed by atoms with Crippen LogP contribution >= 0.6 is 15.9 Å². The average molecular weight is 301 g/mol. The molecule has 0 spiro atoms. The summed E-state index contributed by atoms with van der Waals surface area (Å²) in [7, 11) is 0. The molecule has 2 rings (SSSR count). The number of halogens is 2. The Balaban J connectivity index is 1.85. The molecule has 1 aromatic rings. The number of rotatable bonds is 5. The number of hydrogen-bond acceptors (Lipinski definition) is 2. The van der Waals surface area contributed by atoms with E-state index in [9.17, 15) is 9.18 Å². The van der Waals surface area contributed by atoms with Crippen LogP contribution in [0.4, 0.5) is 4.39 Å². The molecule has 3 nitrogen and oxygen atoms in total. The predicted molar refractivity (Wildman–Crippen MR) is 67.5 cm³/mol. The molecule has 17 heavy (non-hydrogen) atoms. The van der Waals surface area contributed by atoms with Gasteiger partial charge in [-0.1, -0.05) is 6.07 Å². The predicted octanol–water partition coefficient (Wildman–Crippen LogP) is 2.07. The first-order valence-electron chi connectivity index (χ1n) is 5.64. The van der Waals surface area contributed by atoms with E-state index in [1.165, 1.54) is 18.9 Å². The fourth-order valence-electron chi connectivity index (χ4n) is 1.54. The van der Waals surface area contributed by atoms with E-state index in [1.807, 2.05) is 0 Å². The highest BCUT2D eigenvalue weighted by Gasteiger charge is 2.20. The minimum Gasteiger partial charge on any atom is -0.351 e. The standard InChI is InChI=1S/C12H14BrFN2O/c13-9-2-1-3-10(14)11(9)12(17)16-7-6-15-8-4-5-8/h1-3,8,15H,4-7H2,(H,16,17). The fourth-order valence-corrected chi connectivity index (χ4v) is 2.06. The van der Waals surface area contributed by atoms with Crippen molar-refractivity contribution in [2.75, 3.05) is 13.1 Å². The molecule has 1 aromatic carbocycles. The summed E-state index contributed by atoms with van der Waals surface area (Å²) in [6, 6.07) is 5.11. The summed E-state index contributed by atoms with van der Waals surface area (Å²) >= 11 is 3.17. The summed E-state index contributed by atoms with van der Waals surface area (Å²) in [6.45, 7) is 1.23. The van der Waals surface area contributed by atoms with Gasteiger partial charge in [0.25, 0.3) is 5.91 Å². The van der Waals surface area contributed by atoms with Gasteiger partial charge in [-0.05, 0) is 40.9 Å². The number of nitrogens with one attached hydrogen (secondary N) is 2. The Morgan fingerprint density at radius 3 is 2.82 bits per heavy atom. The van der Waals surface area contributed by atoms with Crippen LogP contribution in [0.15, 0.2) is 22.7 Å². The van der Waals surface area contributed by atoms with Crippen molar-refractivity contribution < 1.29 is 9.18 Å². The number of amides is 1. The first-order valence-corrected chi connectivity index (χ1v) is 6.43. The fraction of sp³-hybridized carbons (Fsp3) is 0.417. The number of carbonyl (C=O) groups is 1. The third-order valence-electron chi connectivity index (χ3n) is 2.61. The SMILES string of the molecule is O=C(NCCNC1CC1)c1c(F)cccc1Br. The van der Waals surface area contributed by atoms with Gasteiger partial charge >= 0.3 is 0 Å². The van der Waals surface area contributed by atoms with E-state index in [0.29, 0.717) is 17.1 Å². The van der Waals surface area contributed by atoms with E-state index in [0.717, 1.165) is 6.54 Å². The van der Waals surface area contributed by atoms with Gasteiger partial charge in [0.15, 0.2) is 0 Å². The molecule has 1 saturated carbocycles. The Hall–Kier alpha value is -0.940. The van der Waals surface area contributed by atoms with Gasteiger partial charge in [0, 0.05) is 23.6 Å². The van der Waals surface area contributed by atoms with Crippen molar-refractivity contribution in [1.82, 2.24) is 10.6 Å². The van der Waals surface area contributed by atoms with Crippen LogP contribution in [0.3, 0.4) is 0 Å². The third kappa shape index (κ3) is 3.51. The maximum absolute atomic E-state index is 13.4. The molecule has 1 aliphatic rings. The molecule has 1 aliphatic carbocycles. The third-order valence-corrected chi connectivity index (χ3v) is 3.27. The molecular weight excluding hydrogens is 287 g/mol. The molecule has 1 amide bonds. The molecule has 1 fully saturated rings. The molecule has 0 atom stereocenters. The molecule has 92 valence electrons. The summed E-state index contributed by atoms with van der Waals surface area (Å²) in [5.41, 5.74) is 0.0684. The zero-order chi connectivity index (χ0) is 12.3. The van der Waals surface area contributed by atoms with Crippen molar-refractivity contribution in [1.29, 1.82) is 0 Å². The minimum atomic E-state index is -0.507. The van der Waals surface area contributed by atoms with E-state index < -0.39 is 5.82 Å². The van der Waals surface area contributed by atoms with Crippen LogP contribution in [-0.4, -0.2) is 25.0 Å². The smallest absolute Gasteiger partial charge is 0.255 e. The normalized spacial score (nSPS) is 14.7. The zero-order valence-corrected chi connectivity index (χ0v) is 10.9. The van der Waals surface area contributed by atoms with Crippen molar-refractivity contribution in [2.24, 2.45) is 0 Å². The van der Waals surface area contributed by atoms with E-state index in [4.69, 9.17) is 0 Å². The summed E-state index contributed by atoms with van der Waals surface area (Å²) in [4.78, 5) is 11.7. The van der Waals surface area contributed by atoms with Crippen LogP contribution in [0.1, 0.15) is 23.2 Å². The second-order valence-electron chi connectivity index (χ2n) is 4.08. The largest absolute Gasteiger partial charge is 0.351 e. The van der Waals surface area contributed by atoms with E-state index in [-0.39, 0.29) is 11.5 Å². The summed E-state index contributed by atoms with van der Waals surface area (Å²) in [5.74, 6) is -0.889. The molecule has 0 saturated heterocycles. The first-order chi connectivity index (χ1) is 8.18. The molecule has 0 aromatic heterocycles. The molecular formula is C12H14BrFN2O. The zero-order valence-electron chi connectivity index (χ0n) is 9.30. The molecule has 0 aliphatic heterocycles. The van der Waals surface area contributed by atoms with Crippen molar-refractivity contribution >= 4 is 21.8 Å². The Morgan fingerprint density at radius 1 is 1.41 bits per heavy atom. The van der Waals surface area contributed by atoms with Gasteiger partial charge in [-0.2, -0.15) is 0 Å². The maximum atomic E-state index is 13.4. The van der Waals surface area contributed by atoms with Crippen LogP contribution in [0.2, 0.25) is 0 Å². The van der Waals surface area contributed by atoms with Crippen LogP contribution < -0.4 is 10.6 Å². The van der Waals surface area contributed by atoms with Gasteiger partial charge in [0.05, 0.1) is 5.56 Å². The van der Waals surface area contributed by atoms with Gasteiger partial charge < -0.3 is 10.6 Å². The lowest BCUT2D eigenvalue weighted by Crippen LogP contribution is -2.33. The van der Waals surface area contributed by atoms with Crippen molar-refractivity contribution in [3.05, 3.63) is 34.1 Å². The highest BCUT2D eigenvalue weighted by Crippen LogP contribution is 2.19. The lowest BCUT2D eigenvalue weighted by Gasteiger charge is -2.08. The van der Waals surface area contributed by atoms with Crippen molar-refractivity contribution in [3.63, 3.8) is 0 Å². The van der Waals surface area contributed by atoms with Crippen LogP contribution in [0, 0.1) is 5.82 Å². The summed E-state index contributed by atoms with van der Waals surface area (Å²) in [5, 5.41) is 5.96. The lowest BCUT2D eigenvalue weighted by atomic mass is 10.2. The highest BCUT2D eigenvalue weighted by molar-refractivity contribution is 9.10. The van der Waals surface area contributed by atoms with E-state index >= 15 is 0 Å². The van der Waals surface area contributed by atoms with E-state index in [2.05, 4.69) is 26.6 Å². The Bertz CT molecular complexity index is 401. The Morgan fingerprint density at radius 2 is 2.18 bits per heavy atom. The van der Waals surface area contributed by atoms with Gasteiger partial charge in [-0.3, -0.25) is 4.79 Å². The van der Waals surface area contributed by atoms with Gasteiger partial charge in [0.2, 0.25) is 0 Å². The first kappa shape index (κ1) is 12.5. The lowest BCUT2D eigenvalue weighted by molar-refractivity contribution is 0.0949. The summed E-state index contributed by atoms with van der Waals surface area (Å²) < 4.78 is 13.9. The summed E-state index contributed by atoms with van der Waals surface area (Å²) in [6.07, 6.45) is 2.43.